The van der Waals surface area contributed by atoms with Crippen LogP contribution >= 0.6 is 11.8 Å². The summed E-state index contributed by atoms with van der Waals surface area (Å²) in [5.41, 5.74) is 0. The van der Waals surface area contributed by atoms with Crippen molar-refractivity contribution in [3.05, 3.63) is 0 Å². The second-order valence-corrected chi connectivity index (χ2v) is 4.14. The van der Waals surface area contributed by atoms with Crippen LogP contribution < -0.4 is 0 Å². The van der Waals surface area contributed by atoms with Crippen LogP contribution in [0.15, 0.2) is 0 Å². The molecule has 0 aromatic rings. The Kier molecular flexibility index (Phi) is 4.70. The molecule has 0 spiro atoms. The molecule has 0 N–H and O–H groups in total. The van der Waals surface area contributed by atoms with Crippen LogP contribution in [0, 0.1) is 10.7 Å². The van der Waals surface area contributed by atoms with E-state index in [4.69, 9.17) is 10.00 Å². The standard InChI is InChI=1S/C8H11F3N2OS/c9-8(10,11)7(15-6-12)5-13-1-3-14-4-2-13/h7H,1-5H2. The Bertz CT molecular complexity index is 235. The summed E-state index contributed by atoms with van der Waals surface area (Å²) in [5, 5.41) is 8.18. The molecule has 1 fully saturated rings. The lowest BCUT2D eigenvalue weighted by atomic mass is 10.3. The Morgan fingerprint density at radius 2 is 2.00 bits per heavy atom. The van der Waals surface area contributed by atoms with Gasteiger partial charge < -0.3 is 4.74 Å². The van der Waals surface area contributed by atoms with E-state index in [0.717, 1.165) is 0 Å². The van der Waals surface area contributed by atoms with E-state index in [0.29, 0.717) is 26.3 Å². The third kappa shape index (κ3) is 4.28. The first-order valence-electron chi connectivity index (χ1n) is 4.45. The molecular formula is C8H11F3N2OS. The van der Waals surface area contributed by atoms with Gasteiger partial charge in [0.25, 0.3) is 0 Å². The zero-order chi connectivity index (χ0) is 11.3. The van der Waals surface area contributed by atoms with E-state index in [9.17, 15) is 13.2 Å². The van der Waals surface area contributed by atoms with Gasteiger partial charge in [-0.2, -0.15) is 18.4 Å². The average Bonchev–Trinajstić information content (AvgIpc) is 2.17. The molecule has 15 heavy (non-hydrogen) atoms. The quantitative estimate of drug-likeness (QED) is 0.700. The van der Waals surface area contributed by atoms with Gasteiger partial charge in [0.05, 0.1) is 13.2 Å². The normalized spacial score (nSPS) is 20.9. The lowest BCUT2D eigenvalue weighted by Crippen LogP contribution is -2.44. The van der Waals surface area contributed by atoms with Crippen molar-refractivity contribution in [1.82, 2.24) is 4.90 Å². The zero-order valence-corrected chi connectivity index (χ0v) is 8.77. The summed E-state index contributed by atoms with van der Waals surface area (Å²) in [7, 11) is 0. The number of morpholine rings is 1. The average molecular weight is 240 g/mol. The largest absolute Gasteiger partial charge is 0.402 e. The molecule has 3 nitrogen and oxygen atoms in total. The molecular weight excluding hydrogens is 229 g/mol. The van der Waals surface area contributed by atoms with Gasteiger partial charge in [0, 0.05) is 19.6 Å². The number of rotatable bonds is 3. The van der Waals surface area contributed by atoms with Crippen molar-refractivity contribution in [3.8, 4) is 5.40 Å². The molecule has 7 heteroatoms. The summed E-state index contributed by atoms with van der Waals surface area (Å²) in [6, 6.07) is 0. The summed E-state index contributed by atoms with van der Waals surface area (Å²) in [5.74, 6) is 0. The Morgan fingerprint density at radius 1 is 1.40 bits per heavy atom. The molecule has 1 unspecified atom stereocenters. The van der Waals surface area contributed by atoms with Gasteiger partial charge in [-0.05, 0) is 11.8 Å². The van der Waals surface area contributed by atoms with Crippen LogP contribution in [-0.2, 0) is 4.74 Å². The van der Waals surface area contributed by atoms with Crippen molar-refractivity contribution in [2.75, 3.05) is 32.8 Å². The van der Waals surface area contributed by atoms with Crippen LogP contribution in [-0.4, -0.2) is 49.2 Å². The van der Waals surface area contributed by atoms with Crippen LogP contribution in [0.2, 0.25) is 0 Å². The van der Waals surface area contributed by atoms with Gasteiger partial charge in [0.2, 0.25) is 0 Å². The Balaban J connectivity index is 2.46. The number of thioether (sulfide) groups is 1. The summed E-state index contributed by atoms with van der Waals surface area (Å²) in [6.07, 6.45) is -4.32. The van der Waals surface area contributed by atoms with Gasteiger partial charge in [-0.25, -0.2) is 0 Å². The lowest BCUT2D eigenvalue weighted by Gasteiger charge is -2.29. The Morgan fingerprint density at radius 3 is 2.47 bits per heavy atom. The first kappa shape index (κ1) is 12.6. The maximum atomic E-state index is 12.4. The minimum atomic E-state index is -4.32. The topological polar surface area (TPSA) is 36.3 Å². The number of ether oxygens (including phenoxy) is 1. The summed E-state index contributed by atoms with van der Waals surface area (Å²) in [4.78, 5) is 1.67. The lowest BCUT2D eigenvalue weighted by molar-refractivity contribution is -0.134. The number of hydrogen-bond acceptors (Lipinski definition) is 4. The van der Waals surface area contributed by atoms with Crippen molar-refractivity contribution in [2.45, 2.75) is 11.4 Å². The monoisotopic (exact) mass is 240 g/mol. The molecule has 1 aliphatic rings. The van der Waals surface area contributed by atoms with Gasteiger partial charge in [-0.1, -0.05) is 0 Å². The molecule has 86 valence electrons. The zero-order valence-electron chi connectivity index (χ0n) is 7.96. The smallest absolute Gasteiger partial charge is 0.379 e. The maximum absolute atomic E-state index is 12.4. The highest BCUT2D eigenvalue weighted by Crippen LogP contribution is 2.30. The number of halogens is 3. The number of hydrogen-bond donors (Lipinski definition) is 0. The van der Waals surface area contributed by atoms with Crippen LogP contribution in [0.1, 0.15) is 0 Å². The highest BCUT2D eigenvalue weighted by Gasteiger charge is 2.41. The second kappa shape index (κ2) is 5.58. The third-order valence-electron chi connectivity index (χ3n) is 2.09. The number of alkyl halides is 3. The molecule has 1 atom stereocenters. The molecule has 1 saturated heterocycles. The van der Waals surface area contributed by atoms with Crippen molar-refractivity contribution in [3.63, 3.8) is 0 Å². The molecule has 0 aromatic heterocycles. The van der Waals surface area contributed by atoms with E-state index in [1.165, 1.54) is 5.40 Å². The minimum absolute atomic E-state index is 0.134. The molecule has 1 rings (SSSR count). The Hall–Kier alpha value is -0.450. The van der Waals surface area contributed by atoms with Crippen molar-refractivity contribution in [2.24, 2.45) is 0 Å². The fourth-order valence-electron chi connectivity index (χ4n) is 1.29. The predicted octanol–water partition coefficient (Wildman–Crippen LogP) is 1.46. The van der Waals surface area contributed by atoms with Gasteiger partial charge in [0.1, 0.15) is 10.7 Å². The summed E-state index contributed by atoms with van der Waals surface area (Å²) in [6.45, 7) is 1.78. The predicted molar refractivity (Wildman–Crippen MR) is 50.3 cm³/mol. The van der Waals surface area contributed by atoms with Gasteiger partial charge >= 0.3 is 6.18 Å². The molecule has 0 aromatic carbocycles. The first-order valence-corrected chi connectivity index (χ1v) is 5.33. The van der Waals surface area contributed by atoms with E-state index in [1.807, 2.05) is 0 Å². The Labute approximate surface area is 90.2 Å². The van der Waals surface area contributed by atoms with Crippen LogP contribution in [0.25, 0.3) is 0 Å². The van der Waals surface area contributed by atoms with E-state index in [2.05, 4.69) is 0 Å². The molecule has 0 amide bonds. The first-order chi connectivity index (χ1) is 7.04. The molecule has 0 saturated carbocycles. The van der Waals surface area contributed by atoms with Crippen molar-refractivity contribution >= 4 is 11.8 Å². The number of nitriles is 1. The van der Waals surface area contributed by atoms with Crippen LogP contribution in [0.5, 0.6) is 0 Å². The number of nitrogens with zero attached hydrogens (tertiary/aromatic N) is 2. The van der Waals surface area contributed by atoms with Gasteiger partial charge in [-0.15, -0.1) is 0 Å². The van der Waals surface area contributed by atoms with Gasteiger partial charge in [-0.3, -0.25) is 4.90 Å². The van der Waals surface area contributed by atoms with E-state index >= 15 is 0 Å². The molecule has 0 bridgehead atoms. The molecule has 0 aliphatic carbocycles. The fourth-order valence-corrected chi connectivity index (χ4v) is 1.84. The van der Waals surface area contributed by atoms with E-state index in [-0.39, 0.29) is 18.3 Å². The summed E-state index contributed by atoms with van der Waals surface area (Å²) < 4.78 is 42.3. The van der Waals surface area contributed by atoms with Crippen LogP contribution in [0.4, 0.5) is 13.2 Å². The maximum Gasteiger partial charge on any atom is 0.402 e. The molecule has 1 heterocycles. The van der Waals surface area contributed by atoms with E-state index < -0.39 is 11.4 Å². The second-order valence-electron chi connectivity index (χ2n) is 3.15. The summed E-state index contributed by atoms with van der Waals surface area (Å²) >= 11 is 0.275. The molecule has 1 aliphatic heterocycles. The molecule has 0 radical (unpaired) electrons. The van der Waals surface area contributed by atoms with Crippen molar-refractivity contribution in [1.29, 1.82) is 5.26 Å². The SMILES string of the molecule is N#CSC(CN1CCOCC1)C(F)(F)F. The van der Waals surface area contributed by atoms with Gasteiger partial charge in [0.15, 0.2) is 0 Å². The third-order valence-corrected chi connectivity index (χ3v) is 2.89. The minimum Gasteiger partial charge on any atom is -0.379 e. The van der Waals surface area contributed by atoms with Crippen LogP contribution in [0.3, 0.4) is 0 Å². The highest BCUT2D eigenvalue weighted by atomic mass is 32.2. The number of thiocyanates is 1. The van der Waals surface area contributed by atoms with Crippen molar-refractivity contribution < 1.29 is 17.9 Å². The highest BCUT2D eigenvalue weighted by molar-refractivity contribution is 8.04. The fraction of sp³-hybridized carbons (Fsp3) is 0.875. The van der Waals surface area contributed by atoms with E-state index in [1.54, 1.807) is 4.90 Å².